The zero-order valence-electron chi connectivity index (χ0n) is 11.8. The molecule has 0 aromatic heterocycles. The Morgan fingerprint density at radius 2 is 1.55 bits per heavy atom. The number of phenols is 1. The van der Waals surface area contributed by atoms with Gasteiger partial charge in [0.15, 0.2) is 0 Å². The van der Waals surface area contributed by atoms with E-state index < -0.39 is 0 Å². The smallest absolute Gasteiger partial charge is 0.123 e. The molecule has 1 nitrogen and oxygen atoms in total. The summed E-state index contributed by atoms with van der Waals surface area (Å²) in [6, 6.07) is 20.4. The van der Waals surface area contributed by atoms with Crippen LogP contribution in [0, 0.1) is 0 Å². The first-order valence-electron chi connectivity index (χ1n) is 6.98. The number of benzene rings is 3. The minimum absolute atomic E-state index is 0.339. The van der Waals surface area contributed by atoms with Crippen LogP contribution >= 0.6 is 0 Å². The van der Waals surface area contributed by atoms with Gasteiger partial charge < -0.3 is 5.11 Å². The summed E-state index contributed by atoms with van der Waals surface area (Å²) in [6.07, 6.45) is 0. The van der Waals surface area contributed by atoms with Gasteiger partial charge in [-0.3, -0.25) is 0 Å². The summed E-state index contributed by atoms with van der Waals surface area (Å²) in [5.74, 6) is 0.787. The van der Waals surface area contributed by atoms with Crippen molar-refractivity contribution in [2.24, 2.45) is 0 Å². The maximum Gasteiger partial charge on any atom is 0.123 e. The Morgan fingerprint density at radius 3 is 2.35 bits per heavy atom. The lowest BCUT2D eigenvalue weighted by molar-refractivity contribution is 0.477. The van der Waals surface area contributed by atoms with E-state index in [1.165, 1.54) is 16.3 Å². The Bertz CT molecular complexity index is 751. The zero-order chi connectivity index (χ0) is 14.1. The molecular weight excluding hydrogens is 244 g/mol. The van der Waals surface area contributed by atoms with Crippen LogP contribution < -0.4 is 0 Å². The highest BCUT2D eigenvalue weighted by atomic mass is 16.3. The summed E-state index contributed by atoms with van der Waals surface area (Å²) in [7, 11) is 0. The third-order valence-electron chi connectivity index (χ3n) is 3.77. The predicted molar refractivity (Wildman–Crippen MR) is 85.1 cm³/mol. The van der Waals surface area contributed by atoms with E-state index in [2.05, 4.69) is 44.2 Å². The van der Waals surface area contributed by atoms with E-state index in [4.69, 9.17) is 0 Å². The summed E-state index contributed by atoms with van der Waals surface area (Å²) >= 11 is 0. The first-order valence-corrected chi connectivity index (χ1v) is 6.98. The van der Waals surface area contributed by atoms with Crippen LogP contribution in [0.5, 0.6) is 5.75 Å². The molecule has 0 heterocycles. The number of rotatable bonds is 2. The Morgan fingerprint density at radius 1 is 0.800 bits per heavy atom. The lowest BCUT2D eigenvalue weighted by Gasteiger charge is -2.12. The lowest BCUT2D eigenvalue weighted by atomic mass is 9.93. The van der Waals surface area contributed by atoms with Gasteiger partial charge in [-0.15, -0.1) is 0 Å². The van der Waals surface area contributed by atoms with Gasteiger partial charge in [0.1, 0.15) is 5.75 Å². The van der Waals surface area contributed by atoms with E-state index in [1.807, 2.05) is 24.3 Å². The fraction of sp³-hybridized carbons (Fsp3) is 0.158. The maximum atomic E-state index is 10.2. The molecule has 0 bridgehead atoms. The molecule has 1 heteroatoms. The molecule has 0 atom stereocenters. The van der Waals surface area contributed by atoms with E-state index in [-0.39, 0.29) is 0 Å². The second-order valence-corrected chi connectivity index (χ2v) is 5.46. The van der Waals surface area contributed by atoms with Gasteiger partial charge in [-0.1, -0.05) is 62.4 Å². The van der Waals surface area contributed by atoms with Gasteiger partial charge in [-0.05, 0) is 39.9 Å². The molecule has 20 heavy (non-hydrogen) atoms. The molecular formula is C19H18O. The van der Waals surface area contributed by atoms with Crippen LogP contribution in [0.1, 0.15) is 25.3 Å². The molecule has 0 amide bonds. The number of aromatic hydroxyl groups is 1. The van der Waals surface area contributed by atoms with Gasteiger partial charge in [0.25, 0.3) is 0 Å². The third kappa shape index (κ3) is 2.16. The highest BCUT2D eigenvalue weighted by Gasteiger charge is 2.10. The number of fused-ring (bicyclic) bond motifs is 1. The molecule has 100 valence electrons. The molecule has 0 fully saturated rings. The summed E-state index contributed by atoms with van der Waals surface area (Å²) in [4.78, 5) is 0. The van der Waals surface area contributed by atoms with E-state index in [1.54, 1.807) is 6.07 Å². The Balaban J connectivity index is 2.28. The van der Waals surface area contributed by atoms with Crippen LogP contribution in [-0.2, 0) is 0 Å². The van der Waals surface area contributed by atoms with Crippen molar-refractivity contribution < 1.29 is 5.11 Å². The van der Waals surface area contributed by atoms with Crippen LogP contribution in [0.25, 0.3) is 21.9 Å². The standard InChI is InChI=1S/C19H18O/c1-13(2)15-10-11-19(20)18(12-15)17-9-5-7-14-6-3-4-8-16(14)17/h3-13,20H,1-2H3. The lowest BCUT2D eigenvalue weighted by Crippen LogP contribution is -1.89. The van der Waals surface area contributed by atoms with Gasteiger partial charge in [-0.25, -0.2) is 0 Å². The van der Waals surface area contributed by atoms with Crippen molar-refractivity contribution >= 4 is 10.8 Å². The van der Waals surface area contributed by atoms with Gasteiger partial charge in [0.2, 0.25) is 0 Å². The van der Waals surface area contributed by atoms with Crippen LogP contribution in [0.15, 0.2) is 60.7 Å². The average molecular weight is 262 g/mol. The molecule has 0 saturated carbocycles. The molecule has 0 aliphatic heterocycles. The molecule has 0 unspecified atom stereocenters. The molecule has 0 radical (unpaired) electrons. The van der Waals surface area contributed by atoms with E-state index in [0.717, 1.165) is 11.1 Å². The summed E-state index contributed by atoms with van der Waals surface area (Å²) in [5, 5.41) is 12.6. The number of hydrogen-bond acceptors (Lipinski definition) is 1. The highest BCUT2D eigenvalue weighted by Crippen LogP contribution is 2.36. The average Bonchev–Trinajstić information content (AvgIpc) is 2.47. The van der Waals surface area contributed by atoms with Crippen LogP contribution in [0.2, 0.25) is 0 Å². The minimum atomic E-state index is 0.339. The predicted octanol–water partition coefficient (Wildman–Crippen LogP) is 5.34. The van der Waals surface area contributed by atoms with E-state index in [0.29, 0.717) is 11.7 Å². The molecule has 0 spiro atoms. The van der Waals surface area contributed by atoms with Crippen molar-refractivity contribution in [3.63, 3.8) is 0 Å². The normalized spacial score (nSPS) is 11.2. The molecule has 1 N–H and O–H groups in total. The van der Waals surface area contributed by atoms with Gasteiger partial charge in [0, 0.05) is 5.56 Å². The second-order valence-electron chi connectivity index (χ2n) is 5.46. The van der Waals surface area contributed by atoms with Gasteiger partial charge in [-0.2, -0.15) is 0 Å². The monoisotopic (exact) mass is 262 g/mol. The Kier molecular flexibility index (Phi) is 3.19. The van der Waals surface area contributed by atoms with Crippen molar-refractivity contribution in [1.29, 1.82) is 0 Å². The summed E-state index contributed by atoms with van der Waals surface area (Å²) < 4.78 is 0. The van der Waals surface area contributed by atoms with Crippen molar-refractivity contribution in [3.8, 4) is 16.9 Å². The van der Waals surface area contributed by atoms with Crippen molar-refractivity contribution in [2.75, 3.05) is 0 Å². The summed E-state index contributed by atoms with van der Waals surface area (Å²) in [6.45, 7) is 4.33. The first kappa shape index (κ1) is 12.7. The number of hydrogen-bond donors (Lipinski definition) is 1. The fourth-order valence-electron chi connectivity index (χ4n) is 2.59. The van der Waals surface area contributed by atoms with E-state index in [9.17, 15) is 5.11 Å². The van der Waals surface area contributed by atoms with Gasteiger partial charge in [0.05, 0.1) is 0 Å². The van der Waals surface area contributed by atoms with Crippen molar-refractivity contribution in [3.05, 3.63) is 66.2 Å². The van der Waals surface area contributed by atoms with Crippen molar-refractivity contribution in [2.45, 2.75) is 19.8 Å². The topological polar surface area (TPSA) is 20.2 Å². The molecule has 0 aliphatic rings. The SMILES string of the molecule is CC(C)c1ccc(O)c(-c2cccc3ccccc23)c1. The Hall–Kier alpha value is -2.28. The first-order chi connectivity index (χ1) is 9.66. The minimum Gasteiger partial charge on any atom is -0.507 e. The molecule has 3 rings (SSSR count). The maximum absolute atomic E-state index is 10.2. The molecule has 3 aromatic rings. The van der Waals surface area contributed by atoms with E-state index >= 15 is 0 Å². The third-order valence-corrected chi connectivity index (χ3v) is 3.77. The summed E-state index contributed by atoms with van der Waals surface area (Å²) in [5.41, 5.74) is 3.24. The fourth-order valence-corrected chi connectivity index (χ4v) is 2.59. The van der Waals surface area contributed by atoms with Crippen LogP contribution in [0.4, 0.5) is 0 Å². The highest BCUT2D eigenvalue weighted by molar-refractivity contribution is 5.97. The Labute approximate surface area is 119 Å². The second kappa shape index (κ2) is 5.01. The van der Waals surface area contributed by atoms with Crippen LogP contribution in [0.3, 0.4) is 0 Å². The molecule has 0 saturated heterocycles. The van der Waals surface area contributed by atoms with Crippen LogP contribution in [-0.4, -0.2) is 5.11 Å². The van der Waals surface area contributed by atoms with Gasteiger partial charge >= 0.3 is 0 Å². The number of phenolic OH excluding ortho intramolecular Hbond substituents is 1. The largest absolute Gasteiger partial charge is 0.507 e. The zero-order valence-corrected chi connectivity index (χ0v) is 11.8. The molecule has 3 aromatic carbocycles. The molecule has 0 aliphatic carbocycles. The quantitative estimate of drug-likeness (QED) is 0.661. The van der Waals surface area contributed by atoms with Crippen molar-refractivity contribution in [1.82, 2.24) is 0 Å².